The van der Waals surface area contributed by atoms with Crippen molar-refractivity contribution < 1.29 is 27.2 Å². The third kappa shape index (κ3) is 6.58. The molecule has 4 rings (SSSR count). The molecule has 1 atom stereocenters. The molecule has 0 fully saturated rings. The van der Waals surface area contributed by atoms with Crippen molar-refractivity contribution in [2.45, 2.75) is 32.4 Å². The number of benzene rings is 2. The van der Waals surface area contributed by atoms with Crippen molar-refractivity contribution in [3.63, 3.8) is 0 Å². The van der Waals surface area contributed by atoms with E-state index in [4.69, 9.17) is 4.42 Å². The molecule has 2 amide bonds. The normalized spacial score (nSPS) is 15.3. The van der Waals surface area contributed by atoms with Gasteiger partial charge in [0.1, 0.15) is 5.76 Å². The monoisotopic (exact) mass is 566 g/mol. The van der Waals surface area contributed by atoms with Crippen LogP contribution in [-0.4, -0.2) is 17.6 Å². The number of alkyl halides is 3. The Morgan fingerprint density at radius 2 is 1.82 bits per heavy atom. The van der Waals surface area contributed by atoms with E-state index in [9.17, 15) is 28.0 Å². The van der Waals surface area contributed by atoms with Crippen molar-refractivity contribution in [2.75, 3.05) is 16.4 Å². The molecule has 0 radical (unpaired) electrons. The zero-order valence-electron chi connectivity index (χ0n) is 21.6. The van der Waals surface area contributed by atoms with E-state index >= 15 is 0 Å². The summed E-state index contributed by atoms with van der Waals surface area (Å²) < 4.78 is 44.6. The molecule has 1 unspecified atom stereocenters. The zero-order chi connectivity index (χ0) is 28.9. The molecule has 7 nitrogen and oxygen atoms in total. The molecular weight excluding hydrogens is 541 g/mol. The first-order valence-corrected chi connectivity index (χ1v) is 13.2. The van der Waals surface area contributed by atoms with Crippen LogP contribution in [0.3, 0.4) is 0 Å². The molecule has 0 spiro atoms. The van der Waals surface area contributed by atoms with E-state index in [0.717, 1.165) is 35.9 Å². The van der Waals surface area contributed by atoms with Gasteiger partial charge in [-0.2, -0.15) is 18.4 Å². The van der Waals surface area contributed by atoms with E-state index < -0.39 is 29.5 Å². The molecule has 1 aliphatic rings. The van der Waals surface area contributed by atoms with Crippen molar-refractivity contribution in [3.8, 4) is 6.07 Å². The molecule has 0 aliphatic carbocycles. The van der Waals surface area contributed by atoms with Crippen LogP contribution in [0.1, 0.15) is 36.7 Å². The minimum Gasteiger partial charge on any atom is -0.468 e. The number of hydrogen-bond donors (Lipinski definition) is 3. The van der Waals surface area contributed by atoms with Gasteiger partial charge >= 0.3 is 6.18 Å². The molecule has 206 valence electrons. The van der Waals surface area contributed by atoms with Gasteiger partial charge in [-0.05, 0) is 61.4 Å². The van der Waals surface area contributed by atoms with Crippen LogP contribution < -0.4 is 16.0 Å². The maximum absolute atomic E-state index is 13.4. The smallest absolute Gasteiger partial charge is 0.416 e. The molecule has 3 aromatic rings. The minimum absolute atomic E-state index is 0.00183. The van der Waals surface area contributed by atoms with Gasteiger partial charge in [-0.15, -0.1) is 0 Å². The summed E-state index contributed by atoms with van der Waals surface area (Å²) in [5.74, 6) is -1.66. The van der Waals surface area contributed by atoms with E-state index in [1.807, 2.05) is 19.1 Å². The highest BCUT2D eigenvalue weighted by Crippen LogP contribution is 2.41. The number of nitriles is 1. The van der Waals surface area contributed by atoms with Crippen LogP contribution in [-0.2, 0) is 22.2 Å². The molecule has 40 heavy (non-hydrogen) atoms. The van der Waals surface area contributed by atoms with Gasteiger partial charge in [0.15, 0.2) is 0 Å². The fourth-order valence-electron chi connectivity index (χ4n) is 4.20. The summed E-state index contributed by atoms with van der Waals surface area (Å²) in [6, 6.07) is 17.2. The number of amides is 2. The average molecular weight is 567 g/mol. The molecular formula is C29H25F3N4O3S. The number of anilines is 2. The van der Waals surface area contributed by atoms with E-state index in [1.54, 1.807) is 31.2 Å². The molecule has 0 bridgehead atoms. The lowest BCUT2D eigenvalue weighted by Crippen LogP contribution is -2.31. The summed E-state index contributed by atoms with van der Waals surface area (Å²) in [4.78, 5) is 26.0. The SMILES string of the molecule is CCc1ccc(NC(=O)C2=C(C)NC(SCC(=O)Nc3cccc(C(F)(F)F)c3)=C(C#N)C2c2ccco2)cc1. The average Bonchev–Trinajstić information content (AvgIpc) is 3.46. The van der Waals surface area contributed by atoms with Gasteiger partial charge in [-0.1, -0.05) is 36.9 Å². The summed E-state index contributed by atoms with van der Waals surface area (Å²) in [5.41, 5.74) is 1.75. The predicted octanol–water partition coefficient (Wildman–Crippen LogP) is 6.57. The highest BCUT2D eigenvalue weighted by atomic mass is 32.2. The zero-order valence-corrected chi connectivity index (χ0v) is 22.4. The van der Waals surface area contributed by atoms with Gasteiger partial charge in [0.05, 0.1) is 45.7 Å². The molecule has 1 aliphatic heterocycles. The van der Waals surface area contributed by atoms with Gasteiger partial charge in [-0.3, -0.25) is 9.59 Å². The highest BCUT2D eigenvalue weighted by Gasteiger charge is 2.36. The number of rotatable bonds is 8. The van der Waals surface area contributed by atoms with Crippen LogP contribution in [0.15, 0.2) is 93.2 Å². The summed E-state index contributed by atoms with van der Waals surface area (Å²) in [6.07, 6.45) is -2.24. The van der Waals surface area contributed by atoms with Gasteiger partial charge < -0.3 is 20.4 Å². The first-order chi connectivity index (χ1) is 19.1. The molecule has 0 saturated heterocycles. The van der Waals surface area contributed by atoms with Crippen LogP contribution in [0, 0.1) is 11.3 Å². The fraction of sp³-hybridized carbons (Fsp3) is 0.207. The first-order valence-electron chi connectivity index (χ1n) is 12.3. The summed E-state index contributed by atoms with van der Waals surface area (Å²) in [5, 5.41) is 18.8. The van der Waals surface area contributed by atoms with Gasteiger partial charge in [0.2, 0.25) is 5.91 Å². The number of nitrogens with zero attached hydrogens (tertiary/aromatic N) is 1. The van der Waals surface area contributed by atoms with Crippen molar-refractivity contribution >= 4 is 35.0 Å². The van der Waals surface area contributed by atoms with E-state index in [1.165, 1.54) is 18.4 Å². The third-order valence-corrected chi connectivity index (χ3v) is 7.18. The highest BCUT2D eigenvalue weighted by molar-refractivity contribution is 8.03. The molecule has 2 heterocycles. The number of hydrogen-bond acceptors (Lipinski definition) is 6. The number of furan rings is 1. The van der Waals surface area contributed by atoms with Crippen LogP contribution in [0.5, 0.6) is 0 Å². The van der Waals surface area contributed by atoms with Crippen molar-refractivity contribution in [3.05, 3.63) is 106 Å². The second-order valence-electron chi connectivity index (χ2n) is 8.89. The largest absolute Gasteiger partial charge is 0.468 e. The third-order valence-electron chi connectivity index (χ3n) is 6.16. The minimum atomic E-state index is -4.54. The summed E-state index contributed by atoms with van der Waals surface area (Å²) in [6.45, 7) is 3.71. The second-order valence-corrected chi connectivity index (χ2v) is 9.87. The standard InChI is InChI=1S/C29H25F3N4O3S/c1-3-18-9-11-20(12-10-18)36-27(38)25-17(2)34-28(22(15-33)26(25)23-8-5-13-39-23)40-16-24(37)35-21-7-4-6-19(14-21)29(30,31)32/h4-14,26,34H,3,16H2,1-2H3,(H,35,37)(H,36,38). The van der Waals surface area contributed by atoms with Crippen LogP contribution in [0.25, 0.3) is 0 Å². The first kappa shape index (κ1) is 28.6. The molecule has 2 aromatic carbocycles. The predicted molar refractivity (Wildman–Crippen MR) is 147 cm³/mol. The number of allylic oxidation sites excluding steroid dienone is 2. The second kappa shape index (κ2) is 12.2. The number of halogens is 3. The number of carbonyl (C=O) groups excluding carboxylic acids is 2. The Kier molecular flexibility index (Phi) is 8.70. The van der Waals surface area contributed by atoms with Crippen LogP contribution in [0.2, 0.25) is 0 Å². The number of carbonyl (C=O) groups is 2. The van der Waals surface area contributed by atoms with Gasteiger partial charge in [0, 0.05) is 17.1 Å². The topological polar surface area (TPSA) is 107 Å². The van der Waals surface area contributed by atoms with E-state index in [2.05, 4.69) is 22.0 Å². The van der Waals surface area contributed by atoms with Gasteiger partial charge in [-0.25, -0.2) is 0 Å². The maximum Gasteiger partial charge on any atom is 0.416 e. The lowest BCUT2D eigenvalue weighted by Gasteiger charge is -2.28. The Labute approximate surface area is 233 Å². The maximum atomic E-state index is 13.4. The Morgan fingerprint density at radius 3 is 2.45 bits per heavy atom. The Morgan fingerprint density at radius 1 is 1.07 bits per heavy atom. The molecule has 0 saturated carbocycles. The molecule has 3 N–H and O–H groups in total. The Balaban J connectivity index is 1.54. The Hall–Kier alpha value is -4.43. The molecule has 1 aromatic heterocycles. The number of nitrogens with one attached hydrogen (secondary N) is 3. The number of aryl methyl sites for hydroxylation is 1. The van der Waals surface area contributed by atoms with Crippen LogP contribution in [0.4, 0.5) is 24.5 Å². The fourth-order valence-corrected chi connectivity index (χ4v) is 5.09. The summed E-state index contributed by atoms with van der Waals surface area (Å²) >= 11 is 0.998. The van der Waals surface area contributed by atoms with Gasteiger partial charge in [0.25, 0.3) is 5.91 Å². The lowest BCUT2D eigenvalue weighted by atomic mass is 9.85. The van der Waals surface area contributed by atoms with Crippen molar-refractivity contribution in [1.82, 2.24) is 5.32 Å². The van der Waals surface area contributed by atoms with E-state index in [0.29, 0.717) is 22.2 Å². The van der Waals surface area contributed by atoms with Crippen molar-refractivity contribution in [1.29, 1.82) is 5.26 Å². The molecule has 11 heteroatoms. The van der Waals surface area contributed by atoms with Crippen LogP contribution >= 0.6 is 11.8 Å². The Bertz CT molecular complexity index is 1500. The lowest BCUT2D eigenvalue weighted by molar-refractivity contribution is -0.137. The van der Waals surface area contributed by atoms with Crippen molar-refractivity contribution in [2.24, 2.45) is 0 Å². The quantitative estimate of drug-likeness (QED) is 0.285. The van der Waals surface area contributed by atoms with E-state index in [-0.39, 0.29) is 22.6 Å². The number of dihydropyridines is 1. The number of thioether (sulfide) groups is 1. The summed E-state index contributed by atoms with van der Waals surface area (Å²) in [7, 11) is 0.